The highest BCUT2D eigenvalue weighted by Crippen LogP contribution is 2.47. The third-order valence-electron chi connectivity index (χ3n) is 7.63. The molecule has 0 saturated heterocycles. The van der Waals surface area contributed by atoms with E-state index in [1.54, 1.807) is 19.2 Å². The molecule has 7 rings (SSSR count). The van der Waals surface area contributed by atoms with E-state index in [0.29, 0.717) is 21.6 Å². The molecule has 0 amide bonds. The highest BCUT2D eigenvalue weighted by Gasteiger charge is 2.48. The first-order chi connectivity index (χ1) is 19.9. The lowest BCUT2D eigenvalue weighted by molar-refractivity contribution is -0.164. The molecule has 3 saturated carbocycles. The monoisotopic (exact) mass is 600 g/mol. The molecule has 2 atom stereocenters. The predicted molar refractivity (Wildman–Crippen MR) is 149 cm³/mol. The zero-order valence-corrected chi connectivity index (χ0v) is 23.5. The first-order valence-corrected chi connectivity index (χ1v) is 14.5. The predicted octanol–water partition coefficient (Wildman–Crippen LogP) is 5.83. The fourth-order valence-electron chi connectivity index (χ4n) is 5.83. The molecule has 3 aliphatic rings. The van der Waals surface area contributed by atoms with Crippen molar-refractivity contribution in [1.82, 2.24) is 24.9 Å². The number of aromatic amines is 1. The van der Waals surface area contributed by atoms with Crippen LogP contribution >= 0.6 is 22.9 Å². The molecule has 41 heavy (non-hydrogen) atoms. The van der Waals surface area contributed by atoms with Gasteiger partial charge in [-0.25, -0.2) is 29.1 Å². The number of nitrogens with one attached hydrogen (secondary N) is 2. The maximum atomic E-state index is 16.1. The molecular formula is C27H26ClFN6O5S. The van der Waals surface area contributed by atoms with Gasteiger partial charge in [0.15, 0.2) is 23.1 Å². The van der Waals surface area contributed by atoms with Crippen LogP contribution in [0.2, 0.25) is 5.15 Å². The number of hydrogen-bond donors (Lipinski definition) is 2. The number of fused-ring (bicyclic) bond motifs is 4. The van der Waals surface area contributed by atoms with Crippen molar-refractivity contribution in [3.8, 4) is 22.0 Å². The largest absolute Gasteiger partial charge is 0.511 e. The van der Waals surface area contributed by atoms with Gasteiger partial charge in [-0.1, -0.05) is 17.7 Å². The van der Waals surface area contributed by atoms with E-state index in [-0.39, 0.29) is 40.9 Å². The van der Waals surface area contributed by atoms with E-state index in [1.807, 2.05) is 11.4 Å². The molecule has 0 spiro atoms. The summed E-state index contributed by atoms with van der Waals surface area (Å²) in [5.41, 5.74) is 1.57. The number of nitrogens with zero attached hydrogens (tertiary/aromatic N) is 4. The van der Waals surface area contributed by atoms with Gasteiger partial charge in [0.2, 0.25) is 6.79 Å². The topological polar surface area (TPSA) is 141 Å². The second-order valence-electron chi connectivity index (χ2n) is 9.91. The molecule has 3 fully saturated rings. The number of hydrogen-bond acceptors (Lipinski definition) is 11. The summed E-state index contributed by atoms with van der Waals surface area (Å²) in [5.74, 6) is -1.38. The number of H-pyrrole nitrogens is 1. The lowest BCUT2D eigenvalue weighted by Gasteiger charge is -2.47. The summed E-state index contributed by atoms with van der Waals surface area (Å²) in [5, 5.41) is 5.30. The number of ether oxygens (including phenoxy) is 3. The number of halogens is 2. The summed E-state index contributed by atoms with van der Waals surface area (Å²) in [6, 6.07) is 3.15. The van der Waals surface area contributed by atoms with Crippen LogP contribution in [0.25, 0.3) is 33.1 Å². The van der Waals surface area contributed by atoms with Gasteiger partial charge in [0.05, 0.1) is 29.2 Å². The number of thiophene rings is 1. The van der Waals surface area contributed by atoms with Gasteiger partial charge in [0, 0.05) is 12.2 Å². The van der Waals surface area contributed by atoms with E-state index < -0.39 is 36.7 Å². The summed E-state index contributed by atoms with van der Waals surface area (Å²) in [6.07, 6.45) is 5.65. The third kappa shape index (κ3) is 5.43. The van der Waals surface area contributed by atoms with Gasteiger partial charge < -0.3 is 24.5 Å². The van der Waals surface area contributed by atoms with Crippen LogP contribution < -0.4 is 5.32 Å². The summed E-state index contributed by atoms with van der Waals surface area (Å²) < 4.78 is 31.0. The Kier molecular flexibility index (Phi) is 7.71. The smallest absolute Gasteiger partial charge is 0.435 e. The van der Waals surface area contributed by atoms with Crippen LogP contribution in [0.15, 0.2) is 29.9 Å². The van der Waals surface area contributed by atoms with Gasteiger partial charge in [0.25, 0.3) is 0 Å². The number of anilines is 1. The van der Waals surface area contributed by atoms with Crippen LogP contribution in [0.4, 0.5) is 15.0 Å². The maximum absolute atomic E-state index is 16.1. The van der Waals surface area contributed by atoms with E-state index >= 15 is 4.39 Å². The van der Waals surface area contributed by atoms with Gasteiger partial charge in [0.1, 0.15) is 16.4 Å². The Bertz CT molecular complexity index is 1580. The van der Waals surface area contributed by atoms with E-state index in [1.165, 1.54) is 17.5 Å². The Hall–Kier alpha value is -3.84. The van der Waals surface area contributed by atoms with Gasteiger partial charge in [-0.05, 0) is 55.9 Å². The summed E-state index contributed by atoms with van der Waals surface area (Å²) in [7, 11) is 0. The first-order valence-electron chi connectivity index (χ1n) is 13.3. The summed E-state index contributed by atoms with van der Waals surface area (Å²) in [4.78, 5) is 46.2. The van der Waals surface area contributed by atoms with Crippen molar-refractivity contribution in [3.05, 3.63) is 40.9 Å². The molecule has 2 N–H and O–H groups in total. The molecule has 4 heterocycles. The molecule has 0 unspecified atom stereocenters. The number of rotatable bonds is 8. The first kappa shape index (κ1) is 27.3. The molecule has 4 aromatic heterocycles. The normalized spacial score (nSPS) is 21.5. The number of carbonyl (C=O) groups is 2. The second-order valence-corrected chi connectivity index (χ2v) is 11.2. The SMILES string of the molecule is CCOC(=O)OCOC(=O)[C@H]1C2CCC(CC2)[C@@H]1Nc1nc(-c2c[nH]c3ncc(Cl)nc23)nc(-c2cccs2)c1F. The lowest BCUT2D eigenvalue weighted by Crippen LogP contribution is -2.52. The average molecular weight is 601 g/mol. The number of carbonyl (C=O) groups excluding carboxylic acids is 2. The van der Waals surface area contributed by atoms with Crippen LogP contribution in [0, 0.1) is 23.6 Å². The van der Waals surface area contributed by atoms with E-state index in [0.717, 1.165) is 25.7 Å². The van der Waals surface area contributed by atoms with Crippen molar-refractivity contribution < 1.29 is 28.2 Å². The minimum atomic E-state index is -0.917. The van der Waals surface area contributed by atoms with Crippen molar-refractivity contribution in [3.63, 3.8) is 0 Å². The molecule has 0 radical (unpaired) electrons. The molecular weight excluding hydrogens is 575 g/mol. The molecule has 11 nitrogen and oxygen atoms in total. The Morgan fingerprint density at radius 2 is 1.95 bits per heavy atom. The molecule has 3 aliphatic carbocycles. The van der Waals surface area contributed by atoms with Crippen molar-refractivity contribution in [2.75, 3.05) is 18.7 Å². The Balaban J connectivity index is 1.35. The van der Waals surface area contributed by atoms with Crippen LogP contribution in [-0.4, -0.2) is 56.5 Å². The highest BCUT2D eigenvalue weighted by atomic mass is 35.5. The molecule has 0 aliphatic heterocycles. The van der Waals surface area contributed by atoms with Crippen molar-refractivity contribution >= 4 is 52.0 Å². The van der Waals surface area contributed by atoms with Crippen molar-refractivity contribution in [1.29, 1.82) is 0 Å². The van der Waals surface area contributed by atoms with E-state index in [2.05, 4.69) is 30.2 Å². The van der Waals surface area contributed by atoms with Gasteiger partial charge in [-0.15, -0.1) is 11.3 Å². The van der Waals surface area contributed by atoms with Crippen LogP contribution in [-0.2, 0) is 19.0 Å². The van der Waals surface area contributed by atoms with Gasteiger partial charge in [-0.2, -0.15) is 0 Å². The van der Waals surface area contributed by atoms with Crippen molar-refractivity contribution in [2.45, 2.75) is 38.6 Å². The molecule has 2 bridgehead atoms. The van der Waals surface area contributed by atoms with E-state index in [4.69, 9.17) is 25.8 Å². The average Bonchev–Trinajstić information content (AvgIpc) is 3.65. The van der Waals surface area contributed by atoms with Gasteiger partial charge in [-0.3, -0.25) is 4.79 Å². The zero-order valence-electron chi connectivity index (χ0n) is 21.9. The minimum Gasteiger partial charge on any atom is -0.435 e. The van der Waals surface area contributed by atoms with Crippen LogP contribution in [0.1, 0.15) is 32.6 Å². The minimum absolute atomic E-state index is 0.0270. The Morgan fingerprint density at radius 1 is 1.15 bits per heavy atom. The molecule has 214 valence electrons. The molecule has 4 aromatic rings. The number of esters is 1. The Morgan fingerprint density at radius 3 is 2.71 bits per heavy atom. The van der Waals surface area contributed by atoms with E-state index in [9.17, 15) is 9.59 Å². The van der Waals surface area contributed by atoms with Crippen LogP contribution in [0.3, 0.4) is 0 Å². The maximum Gasteiger partial charge on any atom is 0.511 e. The summed E-state index contributed by atoms with van der Waals surface area (Å²) >= 11 is 7.46. The zero-order chi connectivity index (χ0) is 28.5. The summed E-state index contributed by atoms with van der Waals surface area (Å²) in [6.45, 7) is 1.23. The van der Waals surface area contributed by atoms with Crippen molar-refractivity contribution in [2.24, 2.45) is 17.8 Å². The van der Waals surface area contributed by atoms with Gasteiger partial charge >= 0.3 is 12.1 Å². The quantitative estimate of drug-likeness (QED) is 0.187. The fraction of sp³-hybridized carbons (Fsp3) is 0.407. The second kappa shape index (κ2) is 11.6. The highest BCUT2D eigenvalue weighted by molar-refractivity contribution is 7.13. The standard InChI is InChI=1S/C27H26ClFN6O5S/c1-2-38-27(37)40-12-39-26(36)18-13-5-7-14(8-6-13)20(18)33-24-19(29)22(16-4-3-9-41-16)34-23(35-24)15-10-30-25-21(15)32-17(28)11-31-25/h3-4,9-11,13-14,18,20H,2,5-8,12H2,1H3,(H,30,31)(H,33,34,35)/t13?,14?,18-,20-/m0/s1. The fourth-order valence-corrected chi connectivity index (χ4v) is 6.67. The van der Waals surface area contributed by atoms with Crippen LogP contribution in [0.5, 0.6) is 0 Å². The Labute approximate surface area is 242 Å². The molecule has 14 heteroatoms. The number of aromatic nitrogens is 5. The lowest BCUT2D eigenvalue weighted by atomic mass is 9.61. The molecule has 0 aromatic carbocycles. The third-order valence-corrected chi connectivity index (χ3v) is 8.69.